The van der Waals surface area contributed by atoms with Crippen LogP contribution in [0.4, 0.5) is 0 Å². The van der Waals surface area contributed by atoms with Crippen LogP contribution in [-0.4, -0.2) is 4.83 Å². The molecule has 0 fully saturated rings. The Morgan fingerprint density at radius 3 is 2.71 bits per heavy atom. The number of aryl methyl sites for hydroxylation is 1. The van der Waals surface area contributed by atoms with Crippen LogP contribution in [0.15, 0.2) is 28.7 Å². The lowest BCUT2D eigenvalue weighted by Gasteiger charge is -1.99. The predicted molar refractivity (Wildman–Crippen MR) is 63.0 cm³/mol. The van der Waals surface area contributed by atoms with Gasteiger partial charge in [0.2, 0.25) is 0 Å². The quantitative estimate of drug-likeness (QED) is 0.735. The highest BCUT2D eigenvalue weighted by atomic mass is 79.9. The maximum Gasteiger partial charge on any atom is 0.134 e. The van der Waals surface area contributed by atoms with Gasteiger partial charge in [-0.15, -0.1) is 0 Å². The smallest absolute Gasteiger partial charge is 0.134 e. The third kappa shape index (κ3) is 1.71. The highest BCUT2D eigenvalue weighted by Gasteiger charge is 2.11. The van der Waals surface area contributed by atoms with E-state index in [9.17, 15) is 0 Å². The topological polar surface area (TPSA) is 13.1 Å². The van der Waals surface area contributed by atoms with E-state index in [1.54, 1.807) is 0 Å². The zero-order valence-corrected chi connectivity index (χ0v) is 9.97. The summed E-state index contributed by atoms with van der Waals surface area (Å²) < 4.78 is 5.78. The van der Waals surface area contributed by atoms with Crippen molar-refractivity contribution in [1.29, 1.82) is 0 Å². The fourth-order valence-corrected chi connectivity index (χ4v) is 1.97. The maximum atomic E-state index is 5.78. The van der Waals surface area contributed by atoms with E-state index in [1.807, 2.05) is 18.2 Å². The van der Waals surface area contributed by atoms with Crippen molar-refractivity contribution in [1.82, 2.24) is 0 Å². The Morgan fingerprint density at radius 2 is 2.07 bits per heavy atom. The molecule has 0 saturated heterocycles. The van der Waals surface area contributed by atoms with E-state index in [1.165, 1.54) is 10.9 Å². The van der Waals surface area contributed by atoms with Crippen molar-refractivity contribution >= 4 is 26.9 Å². The van der Waals surface area contributed by atoms with Gasteiger partial charge in [0.05, 0.1) is 0 Å². The molecule has 2 heteroatoms. The molecule has 2 aromatic rings. The fraction of sp³-hybridized carbons (Fsp3) is 0.333. The van der Waals surface area contributed by atoms with Crippen LogP contribution in [0.2, 0.25) is 0 Å². The van der Waals surface area contributed by atoms with Crippen molar-refractivity contribution < 1.29 is 4.42 Å². The minimum atomic E-state index is 0.460. The van der Waals surface area contributed by atoms with Crippen molar-refractivity contribution in [2.75, 3.05) is 0 Å². The van der Waals surface area contributed by atoms with Crippen molar-refractivity contribution in [3.63, 3.8) is 0 Å². The third-order valence-electron chi connectivity index (χ3n) is 2.41. The number of fused-ring (bicyclic) bond motifs is 1. The van der Waals surface area contributed by atoms with E-state index in [-0.39, 0.29) is 0 Å². The first kappa shape index (κ1) is 9.78. The number of para-hydroxylation sites is 1. The van der Waals surface area contributed by atoms with Crippen LogP contribution in [0, 0.1) is 6.92 Å². The molecule has 1 aromatic heterocycles. The van der Waals surface area contributed by atoms with Gasteiger partial charge in [-0.25, -0.2) is 0 Å². The van der Waals surface area contributed by atoms with Crippen LogP contribution in [-0.2, 0) is 6.42 Å². The second-order valence-electron chi connectivity index (χ2n) is 3.63. The SMILES string of the molecule is Cc1c(CC(C)Br)oc2ccccc12. The Kier molecular flexibility index (Phi) is 2.64. The summed E-state index contributed by atoms with van der Waals surface area (Å²) in [7, 11) is 0. The van der Waals surface area contributed by atoms with Crippen molar-refractivity contribution in [2.45, 2.75) is 25.1 Å². The van der Waals surface area contributed by atoms with E-state index in [4.69, 9.17) is 4.42 Å². The van der Waals surface area contributed by atoms with E-state index in [2.05, 4.69) is 35.8 Å². The minimum absolute atomic E-state index is 0.460. The summed E-state index contributed by atoms with van der Waals surface area (Å²) in [5.41, 5.74) is 2.26. The molecular formula is C12H13BrO. The molecule has 1 nitrogen and oxygen atoms in total. The molecule has 74 valence electrons. The van der Waals surface area contributed by atoms with E-state index in [0.717, 1.165) is 17.8 Å². The van der Waals surface area contributed by atoms with Gasteiger partial charge in [0, 0.05) is 16.6 Å². The average molecular weight is 253 g/mol. The Labute approximate surface area is 92.2 Å². The monoisotopic (exact) mass is 252 g/mol. The summed E-state index contributed by atoms with van der Waals surface area (Å²) in [6.07, 6.45) is 0.945. The lowest BCUT2D eigenvalue weighted by Crippen LogP contribution is -1.95. The summed E-state index contributed by atoms with van der Waals surface area (Å²) in [4.78, 5) is 0.460. The Morgan fingerprint density at radius 1 is 1.36 bits per heavy atom. The Bertz CT molecular complexity index is 443. The molecule has 1 unspecified atom stereocenters. The third-order valence-corrected chi connectivity index (χ3v) is 2.73. The molecule has 0 aliphatic carbocycles. The zero-order valence-electron chi connectivity index (χ0n) is 8.38. The number of rotatable bonds is 2. The first-order chi connectivity index (χ1) is 6.68. The van der Waals surface area contributed by atoms with Gasteiger partial charge < -0.3 is 4.42 Å². The van der Waals surface area contributed by atoms with E-state index < -0.39 is 0 Å². The molecule has 0 saturated carbocycles. The number of benzene rings is 1. The number of furan rings is 1. The molecular weight excluding hydrogens is 240 g/mol. The van der Waals surface area contributed by atoms with Gasteiger partial charge in [0.25, 0.3) is 0 Å². The first-order valence-corrected chi connectivity index (χ1v) is 5.71. The van der Waals surface area contributed by atoms with Crippen LogP contribution < -0.4 is 0 Å². The summed E-state index contributed by atoms with van der Waals surface area (Å²) in [6.45, 7) is 4.25. The molecule has 0 N–H and O–H groups in total. The van der Waals surface area contributed by atoms with Gasteiger partial charge in [0.1, 0.15) is 11.3 Å². The number of alkyl halides is 1. The molecule has 0 aliphatic rings. The molecule has 0 bridgehead atoms. The molecule has 0 radical (unpaired) electrons. The molecule has 0 aliphatic heterocycles. The number of hydrogen-bond donors (Lipinski definition) is 0. The first-order valence-electron chi connectivity index (χ1n) is 4.79. The van der Waals surface area contributed by atoms with Crippen molar-refractivity contribution in [3.05, 3.63) is 35.6 Å². The van der Waals surface area contributed by atoms with Crippen LogP contribution in [0.3, 0.4) is 0 Å². The van der Waals surface area contributed by atoms with Gasteiger partial charge in [-0.3, -0.25) is 0 Å². The van der Waals surface area contributed by atoms with Crippen molar-refractivity contribution in [3.8, 4) is 0 Å². The molecule has 1 heterocycles. The Hall–Kier alpha value is -0.760. The zero-order chi connectivity index (χ0) is 10.1. The second-order valence-corrected chi connectivity index (χ2v) is 5.19. The highest BCUT2D eigenvalue weighted by molar-refractivity contribution is 9.09. The van der Waals surface area contributed by atoms with Crippen LogP contribution in [0.5, 0.6) is 0 Å². The fourth-order valence-electron chi connectivity index (χ4n) is 1.68. The van der Waals surface area contributed by atoms with E-state index >= 15 is 0 Å². The minimum Gasteiger partial charge on any atom is -0.461 e. The van der Waals surface area contributed by atoms with Gasteiger partial charge in [-0.05, 0) is 18.6 Å². The molecule has 0 amide bonds. The molecule has 1 aromatic carbocycles. The summed E-state index contributed by atoms with van der Waals surface area (Å²) in [5.74, 6) is 1.09. The van der Waals surface area contributed by atoms with Gasteiger partial charge in [0.15, 0.2) is 0 Å². The second kappa shape index (κ2) is 3.77. The lowest BCUT2D eigenvalue weighted by molar-refractivity contribution is 0.544. The van der Waals surface area contributed by atoms with E-state index in [0.29, 0.717) is 4.83 Å². The molecule has 2 rings (SSSR count). The molecule has 1 atom stereocenters. The number of hydrogen-bond acceptors (Lipinski definition) is 1. The lowest BCUT2D eigenvalue weighted by atomic mass is 10.1. The van der Waals surface area contributed by atoms with Gasteiger partial charge in [-0.1, -0.05) is 41.1 Å². The summed E-state index contributed by atoms with van der Waals surface area (Å²) in [5, 5.41) is 1.23. The summed E-state index contributed by atoms with van der Waals surface area (Å²) >= 11 is 3.54. The van der Waals surface area contributed by atoms with Crippen molar-refractivity contribution in [2.24, 2.45) is 0 Å². The molecule has 14 heavy (non-hydrogen) atoms. The van der Waals surface area contributed by atoms with Crippen LogP contribution in [0.25, 0.3) is 11.0 Å². The van der Waals surface area contributed by atoms with Gasteiger partial charge >= 0.3 is 0 Å². The highest BCUT2D eigenvalue weighted by Crippen LogP contribution is 2.26. The maximum absolute atomic E-state index is 5.78. The van der Waals surface area contributed by atoms with Crippen LogP contribution in [0.1, 0.15) is 18.2 Å². The average Bonchev–Trinajstić information content (AvgIpc) is 2.44. The molecule has 0 spiro atoms. The predicted octanol–water partition coefficient (Wildman–Crippen LogP) is 4.07. The van der Waals surface area contributed by atoms with Crippen LogP contribution >= 0.6 is 15.9 Å². The normalized spacial score (nSPS) is 13.4. The largest absolute Gasteiger partial charge is 0.461 e. The Balaban J connectivity index is 2.51. The van der Waals surface area contributed by atoms with Gasteiger partial charge in [-0.2, -0.15) is 0 Å². The summed E-state index contributed by atoms with van der Waals surface area (Å²) in [6, 6.07) is 8.18. The number of halogens is 1. The standard InChI is InChI=1S/C12H13BrO/c1-8(13)7-12-9(2)10-5-3-4-6-11(10)14-12/h3-6,8H,7H2,1-2H3.